The average molecular weight is 338 g/mol. The van der Waals surface area contributed by atoms with Crippen molar-refractivity contribution < 1.29 is 22.9 Å². The van der Waals surface area contributed by atoms with Crippen LogP contribution in [0.4, 0.5) is 10.5 Å². The Bertz CT molecular complexity index is 648. The number of nitrogens with zero attached hydrogens (tertiary/aromatic N) is 1. The highest BCUT2D eigenvalue weighted by molar-refractivity contribution is 7.89. The molecule has 1 aromatic rings. The summed E-state index contributed by atoms with van der Waals surface area (Å²) in [7, 11) is -2.60. The van der Waals surface area contributed by atoms with Crippen molar-refractivity contribution in [2.45, 2.75) is 4.90 Å². The fourth-order valence-corrected chi connectivity index (χ4v) is 2.49. The number of hydrogen-bond donors (Lipinski definition) is 2. The van der Waals surface area contributed by atoms with Crippen LogP contribution in [0, 0.1) is 10.1 Å². The Morgan fingerprint density at radius 2 is 2.14 bits per heavy atom. The van der Waals surface area contributed by atoms with Crippen LogP contribution in [-0.4, -0.2) is 39.6 Å². The number of halogens is 1. The molecule has 0 aliphatic rings. The number of benzene rings is 1. The van der Waals surface area contributed by atoms with Crippen molar-refractivity contribution in [2.24, 2.45) is 0 Å². The predicted octanol–water partition coefficient (Wildman–Crippen LogP) is 0.883. The van der Waals surface area contributed by atoms with Crippen molar-refractivity contribution in [3.05, 3.63) is 33.3 Å². The maximum atomic E-state index is 11.9. The summed E-state index contributed by atoms with van der Waals surface area (Å²) in [5.41, 5.74) is -0.513. The SMILES string of the molecule is CNC(=O)OCCNS(=O)(=O)c1ccc(Cl)c([N+](=O)[O-])c1. The maximum absolute atomic E-state index is 11.9. The molecule has 0 aliphatic heterocycles. The smallest absolute Gasteiger partial charge is 0.406 e. The molecular formula is C10H12ClN3O6S. The number of carbonyl (C=O) groups is 1. The molecule has 0 fully saturated rings. The average Bonchev–Trinajstić information content (AvgIpc) is 2.43. The molecule has 0 unspecified atom stereocenters. The second kappa shape index (κ2) is 7.20. The minimum absolute atomic E-state index is 0.165. The zero-order valence-corrected chi connectivity index (χ0v) is 12.4. The Balaban J connectivity index is 2.77. The molecule has 0 saturated heterocycles. The molecular weight excluding hydrogens is 326 g/mol. The molecule has 0 saturated carbocycles. The summed E-state index contributed by atoms with van der Waals surface area (Å²) in [6.45, 7) is -0.360. The highest BCUT2D eigenvalue weighted by atomic mass is 35.5. The van der Waals surface area contributed by atoms with E-state index >= 15 is 0 Å². The maximum Gasteiger partial charge on any atom is 0.406 e. The predicted molar refractivity (Wildman–Crippen MR) is 73.7 cm³/mol. The van der Waals surface area contributed by atoms with Crippen LogP contribution in [0.1, 0.15) is 0 Å². The zero-order valence-electron chi connectivity index (χ0n) is 10.8. The van der Waals surface area contributed by atoms with Crippen LogP contribution in [-0.2, 0) is 14.8 Å². The minimum Gasteiger partial charge on any atom is -0.448 e. The standard InChI is InChI=1S/C10H12ClN3O6S/c1-12-10(15)20-5-4-13-21(18,19)7-2-3-8(11)9(6-7)14(16)17/h2-3,6,13H,4-5H2,1H3,(H,12,15). The summed E-state index contributed by atoms with van der Waals surface area (Å²) in [6, 6.07) is 3.11. The molecule has 0 heterocycles. The molecule has 0 spiro atoms. The van der Waals surface area contributed by atoms with Crippen LogP contribution in [0.2, 0.25) is 5.02 Å². The second-order valence-corrected chi connectivity index (χ2v) is 5.83. The molecule has 0 bridgehead atoms. The van der Waals surface area contributed by atoms with Crippen molar-refractivity contribution in [3.63, 3.8) is 0 Å². The van der Waals surface area contributed by atoms with Gasteiger partial charge in [-0.1, -0.05) is 11.6 Å². The van der Waals surface area contributed by atoms with Gasteiger partial charge in [-0.2, -0.15) is 0 Å². The van der Waals surface area contributed by atoms with Gasteiger partial charge in [0.15, 0.2) is 0 Å². The Morgan fingerprint density at radius 1 is 1.48 bits per heavy atom. The number of rotatable bonds is 6. The normalized spacial score (nSPS) is 11.0. The van der Waals surface area contributed by atoms with Crippen molar-refractivity contribution in [3.8, 4) is 0 Å². The molecule has 9 nitrogen and oxygen atoms in total. The molecule has 0 atom stereocenters. The van der Waals surface area contributed by atoms with Gasteiger partial charge in [0.25, 0.3) is 5.69 Å². The van der Waals surface area contributed by atoms with Gasteiger partial charge in [0.1, 0.15) is 11.6 Å². The third-order valence-electron chi connectivity index (χ3n) is 2.26. The molecule has 0 radical (unpaired) electrons. The molecule has 0 aliphatic carbocycles. The molecule has 11 heteroatoms. The van der Waals surface area contributed by atoms with Crippen LogP contribution in [0.15, 0.2) is 23.1 Å². The van der Waals surface area contributed by atoms with Gasteiger partial charge in [-0.25, -0.2) is 17.9 Å². The molecule has 116 valence electrons. The van der Waals surface area contributed by atoms with E-state index in [1.807, 2.05) is 0 Å². The number of nitro benzene ring substituents is 1. The second-order valence-electron chi connectivity index (χ2n) is 3.65. The van der Waals surface area contributed by atoms with Gasteiger partial charge in [-0.3, -0.25) is 10.1 Å². The summed E-state index contributed by atoms with van der Waals surface area (Å²) < 4.78 is 30.5. The zero-order chi connectivity index (χ0) is 16.0. The summed E-state index contributed by atoms with van der Waals surface area (Å²) in [5.74, 6) is 0. The Hall–Kier alpha value is -1.91. The van der Waals surface area contributed by atoms with E-state index < -0.39 is 26.7 Å². The van der Waals surface area contributed by atoms with Gasteiger partial charge in [-0.15, -0.1) is 0 Å². The van der Waals surface area contributed by atoms with Crippen molar-refractivity contribution in [1.29, 1.82) is 0 Å². The number of ether oxygens (including phenoxy) is 1. The fourth-order valence-electron chi connectivity index (χ4n) is 1.27. The Kier molecular flexibility index (Phi) is 5.88. The third-order valence-corrected chi connectivity index (χ3v) is 4.03. The van der Waals surface area contributed by atoms with Gasteiger partial charge in [0, 0.05) is 19.7 Å². The summed E-state index contributed by atoms with van der Waals surface area (Å²) in [5, 5.41) is 12.7. The summed E-state index contributed by atoms with van der Waals surface area (Å²) >= 11 is 5.60. The first-order valence-corrected chi connectivity index (χ1v) is 7.42. The fraction of sp³-hybridized carbons (Fsp3) is 0.300. The van der Waals surface area contributed by atoms with E-state index in [0.29, 0.717) is 0 Å². The first-order valence-electron chi connectivity index (χ1n) is 5.56. The number of nitro groups is 1. The quantitative estimate of drug-likeness (QED) is 0.450. The van der Waals surface area contributed by atoms with E-state index in [1.54, 1.807) is 0 Å². The van der Waals surface area contributed by atoms with Crippen molar-refractivity contribution in [1.82, 2.24) is 10.0 Å². The van der Waals surface area contributed by atoms with Crippen LogP contribution in [0.5, 0.6) is 0 Å². The largest absolute Gasteiger partial charge is 0.448 e. The minimum atomic E-state index is -3.96. The Labute approximate surface area is 125 Å². The summed E-state index contributed by atoms with van der Waals surface area (Å²) in [4.78, 5) is 20.4. The van der Waals surface area contributed by atoms with Crippen LogP contribution in [0.3, 0.4) is 0 Å². The highest BCUT2D eigenvalue weighted by Crippen LogP contribution is 2.26. The Morgan fingerprint density at radius 3 is 2.71 bits per heavy atom. The molecule has 1 amide bonds. The highest BCUT2D eigenvalue weighted by Gasteiger charge is 2.20. The van der Waals surface area contributed by atoms with Gasteiger partial charge in [0.2, 0.25) is 10.0 Å². The number of carbonyl (C=O) groups excluding carboxylic acids is 1. The first-order chi connectivity index (χ1) is 9.77. The lowest BCUT2D eigenvalue weighted by molar-refractivity contribution is -0.384. The molecule has 21 heavy (non-hydrogen) atoms. The summed E-state index contributed by atoms with van der Waals surface area (Å²) in [6.07, 6.45) is -0.698. The van der Waals surface area contributed by atoms with E-state index in [1.165, 1.54) is 7.05 Å². The van der Waals surface area contributed by atoms with Crippen LogP contribution in [0.25, 0.3) is 0 Å². The molecule has 1 rings (SSSR count). The number of alkyl carbamates (subject to hydrolysis) is 1. The number of amides is 1. The first kappa shape index (κ1) is 17.1. The van der Waals surface area contributed by atoms with E-state index in [-0.39, 0.29) is 23.1 Å². The third kappa shape index (κ3) is 4.85. The monoisotopic (exact) mass is 337 g/mol. The topological polar surface area (TPSA) is 128 Å². The van der Waals surface area contributed by atoms with E-state index in [2.05, 4.69) is 14.8 Å². The number of sulfonamides is 1. The molecule has 1 aromatic carbocycles. The van der Waals surface area contributed by atoms with Gasteiger partial charge < -0.3 is 10.1 Å². The van der Waals surface area contributed by atoms with Gasteiger partial charge in [-0.05, 0) is 12.1 Å². The lowest BCUT2D eigenvalue weighted by Crippen LogP contribution is -2.30. The van der Waals surface area contributed by atoms with Crippen LogP contribution < -0.4 is 10.0 Å². The van der Waals surface area contributed by atoms with Crippen molar-refractivity contribution in [2.75, 3.05) is 20.2 Å². The van der Waals surface area contributed by atoms with Gasteiger partial charge >= 0.3 is 6.09 Å². The number of nitrogens with one attached hydrogen (secondary N) is 2. The van der Waals surface area contributed by atoms with E-state index in [0.717, 1.165) is 18.2 Å². The molecule has 2 N–H and O–H groups in total. The van der Waals surface area contributed by atoms with E-state index in [4.69, 9.17) is 11.6 Å². The lowest BCUT2D eigenvalue weighted by Gasteiger charge is -2.07. The van der Waals surface area contributed by atoms with Crippen LogP contribution >= 0.6 is 11.6 Å². The van der Waals surface area contributed by atoms with Gasteiger partial charge in [0.05, 0.1) is 9.82 Å². The number of hydrogen-bond acceptors (Lipinski definition) is 6. The van der Waals surface area contributed by atoms with E-state index in [9.17, 15) is 23.3 Å². The van der Waals surface area contributed by atoms with Crippen molar-refractivity contribution >= 4 is 33.4 Å². The molecule has 0 aromatic heterocycles. The lowest BCUT2D eigenvalue weighted by atomic mass is 10.3.